The summed E-state index contributed by atoms with van der Waals surface area (Å²) in [6.45, 7) is 6.45. The lowest BCUT2D eigenvalue weighted by atomic mass is 9.58. The van der Waals surface area contributed by atoms with Crippen LogP contribution in [-0.2, 0) is 15.9 Å². The van der Waals surface area contributed by atoms with Gasteiger partial charge in [0.25, 0.3) is 0 Å². The summed E-state index contributed by atoms with van der Waals surface area (Å²) in [6.07, 6.45) is 2.09. The number of carbonyl (C=O) groups excluding carboxylic acids is 2. The lowest BCUT2D eigenvalue weighted by Gasteiger charge is -2.54. The van der Waals surface area contributed by atoms with Gasteiger partial charge in [-0.1, -0.05) is 39.0 Å². The second-order valence-electron chi connectivity index (χ2n) is 8.94. The third kappa shape index (κ3) is 3.17. The predicted octanol–water partition coefficient (Wildman–Crippen LogP) is 4.83. The zero-order valence-corrected chi connectivity index (χ0v) is 17.9. The maximum Gasteiger partial charge on any atom is 0.338 e. The Labute approximate surface area is 177 Å². The summed E-state index contributed by atoms with van der Waals surface area (Å²) in [5, 5.41) is 0. The summed E-state index contributed by atoms with van der Waals surface area (Å²) in [5.74, 6) is 0.400. The fourth-order valence-electron chi connectivity index (χ4n) is 5.09. The number of hydrogen-bond acceptors (Lipinski definition) is 5. The lowest BCUT2D eigenvalue weighted by molar-refractivity contribution is -0.158. The Hall–Kier alpha value is -2.82. The van der Waals surface area contributed by atoms with Gasteiger partial charge < -0.3 is 14.2 Å². The van der Waals surface area contributed by atoms with Gasteiger partial charge in [-0.2, -0.15) is 0 Å². The molecule has 0 bridgehead atoms. The summed E-state index contributed by atoms with van der Waals surface area (Å²) < 4.78 is 17.5. The minimum Gasteiger partial charge on any atom is -0.486 e. The van der Waals surface area contributed by atoms with E-state index in [1.54, 1.807) is 18.2 Å². The number of carbonyl (C=O) groups is 2. The fraction of sp³-hybridized carbons (Fsp3) is 0.440. The molecule has 4 rings (SSSR count). The molecule has 0 N–H and O–H groups in total. The summed E-state index contributed by atoms with van der Waals surface area (Å²) >= 11 is 0. The van der Waals surface area contributed by atoms with E-state index < -0.39 is 11.0 Å². The first-order valence-corrected chi connectivity index (χ1v) is 10.4. The molecule has 2 aliphatic rings. The van der Waals surface area contributed by atoms with Crippen LogP contribution >= 0.6 is 0 Å². The average molecular weight is 408 g/mol. The quantitative estimate of drug-likeness (QED) is 0.681. The van der Waals surface area contributed by atoms with Gasteiger partial charge in [0, 0.05) is 11.8 Å². The maximum absolute atomic E-state index is 12.7. The topological polar surface area (TPSA) is 61.8 Å². The second-order valence-corrected chi connectivity index (χ2v) is 8.94. The van der Waals surface area contributed by atoms with Crippen LogP contribution in [0.1, 0.15) is 59.9 Å². The van der Waals surface area contributed by atoms with E-state index >= 15 is 0 Å². The van der Waals surface area contributed by atoms with Gasteiger partial charge in [0.15, 0.2) is 0 Å². The van der Waals surface area contributed by atoms with E-state index in [0.29, 0.717) is 17.5 Å². The van der Waals surface area contributed by atoms with Crippen molar-refractivity contribution in [2.24, 2.45) is 11.3 Å². The highest BCUT2D eigenvalue weighted by molar-refractivity contribution is 5.90. The van der Waals surface area contributed by atoms with Crippen LogP contribution in [-0.4, -0.2) is 30.8 Å². The van der Waals surface area contributed by atoms with Crippen molar-refractivity contribution in [3.63, 3.8) is 0 Å². The molecule has 0 aromatic heterocycles. The van der Waals surface area contributed by atoms with Gasteiger partial charge in [0.1, 0.15) is 17.5 Å². The second kappa shape index (κ2) is 7.46. The van der Waals surface area contributed by atoms with E-state index in [1.165, 1.54) is 7.11 Å². The molecule has 158 valence electrons. The molecule has 1 aliphatic heterocycles. The number of methoxy groups -OCH3 is 1. The van der Waals surface area contributed by atoms with Crippen LogP contribution in [0.4, 0.5) is 0 Å². The molecule has 5 heteroatoms. The molecule has 30 heavy (non-hydrogen) atoms. The monoisotopic (exact) mass is 408 g/mol. The minimum absolute atomic E-state index is 0.268. The van der Waals surface area contributed by atoms with Crippen molar-refractivity contribution in [2.45, 2.75) is 51.7 Å². The van der Waals surface area contributed by atoms with E-state index in [9.17, 15) is 9.59 Å². The van der Waals surface area contributed by atoms with Crippen LogP contribution in [0.25, 0.3) is 0 Å². The van der Waals surface area contributed by atoms with Gasteiger partial charge in [-0.05, 0) is 54.7 Å². The van der Waals surface area contributed by atoms with Gasteiger partial charge in [0.2, 0.25) is 0 Å². The highest BCUT2D eigenvalue weighted by Gasteiger charge is 2.61. The normalized spacial score (nSPS) is 26.5. The Balaban J connectivity index is 1.62. The molecule has 1 saturated carbocycles. The Bertz CT molecular complexity index is 965. The number of fused-ring (bicyclic) bond motifs is 1. The van der Waals surface area contributed by atoms with Gasteiger partial charge in [-0.3, -0.25) is 0 Å². The molecule has 2 aromatic rings. The van der Waals surface area contributed by atoms with Crippen LogP contribution in [0.2, 0.25) is 0 Å². The molecule has 1 heterocycles. The van der Waals surface area contributed by atoms with Crippen LogP contribution in [0.5, 0.6) is 5.75 Å². The first-order chi connectivity index (χ1) is 14.3. The minimum atomic E-state index is -0.510. The molecule has 5 nitrogen and oxygen atoms in total. The Kier molecular flexibility index (Phi) is 5.08. The molecule has 3 unspecified atom stereocenters. The smallest absolute Gasteiger partial charge is 0.338 e. The van der Waals surface area contributed by atoms with Crippen LogP contribution in [0.15, 0.2) is 48.5 Å². The van der Waals surface area contributed by atoms with Crippen molar-refractivity contribution in [1.29, 1.82) is 0 Å². The largest absolute Gasteiger partial charge is 0.486 e. The van der Waals surface area contributed by atoms with Crippen molar-refractivity contribution in [1.82, 2.24) is 0 Å². The highest BCUT2D eigenvalue weighted by atomic mass is 16.6. The zero-order chi connectivity index (χ0) is 21.5. The molecule has 2 aromatic carbocycles. The Morgan fingerprint density at radius 3 is 2.43 bits per heavy atom. The van der Waals surface area contributed by atoms with E-state index in [0.717, 1.165) is 24.2 Å². The fourth-order valence-corrected chi connectivity index (χ4v) is 5.09. The van der Waals surface area contributed by atoms with Gasteiger partial charge >= 0.3 is 11.9 Å². The Morgan fingerprint density at radius 1 is 1.00 bits per heavy atom. The SMILES string of the molecule is COC(=O)c1ccc2c(c1)CC1(O2)C(C)CCC(OC(=O)c2ccccc2)C1(C)C. The highest BCUT2D eigenvalue weighted by Crippen LogP contribution is 2.56. The van der Waals surface area contributed by atoms with Crippen molar-refractivity contribution in [2.75, 3.05) is 7.11 Å². The van der Waals surface area contributed by atoms with Gasteiger partial charge in [-0.25, -0.2) is 9.59 Å². The third-order valence-electron chi connectivity index (χ3n) is 7.04. The Morgan fingerprint density at radius 2 is 1.73 bits per heavy atom. The maximum atomic E-state index is 12.7. The van der Waals surface area contributed by atoms with Crippen molar-refractivity contribution in [3.8, 4) is 5.75 Å². The van der Waals surface area contributed by atoms with Crippen molar-refractivity contribution in [3.05, 3.63) is 65.2 Å². The first-order valence-electron chi connectivity index (χ1n) is 10.4. The van der Waals surface area contributed by atoms with Crippen LogP contribution in [0, 0.1) is 11.3 Å². The molecular formula is C25H28O5. The van der Waals surface area contributed by atoms with E-state index in [1.807, 2.05) is 30.3 Å². The molecule has 1 fully saturated rings. The lowest BCUT2D eigenvalue weighted by Crippen LogP contribution is -2.62. The predicted molar refractivity (Wildman–Crippen MR) is 113 cm³/mol. The average Bonchev–Trinajstić information content (AvgIpc) is 3.15. The summed E-state index contributed by atoms with van der Waals surface area (Å²) in [7, 11) is 1.38. The molecule has 0 amide bonds. The standard InChI is InChI=1S/C25H28O5/c1-16-10-13-21(29-23(27)17-8-6-5-7-9-17)24(2,3)25(16)15-19-14-18(22(26)28-4)11-12-20(19)30-25/h5-9,11-12,14,16,21H,10,13,15H2,1-4H3. The molecule has 0 saturated heterocycles. The summed E-state index contributed by atoms with van der Waals surface area (Å²) in [6, 6.07) is 14.5. The van der Waals surface area contributed by atoms with Gasteiger partial charge in [0.05, 0.1) is 18.2 Å². The van der Waals surface area contributed by atoms with Crippen molar-refractivity contribution >= 4 is 11.9 Å². The summed E-state index contributed by atoms with van der Waals surface area (Å²) in [5.41, 5.74) is 1.14. The van der Waals surface area contributed by atoms with Crippen LogP contribution in [0.3, 0.4) is 0 Å². The molecule has 1 aliphatic carbocycles. The number of ether oxygens (including phenoxy) is 3. The molecule has 0 radical (unpaired) electrons. The van der Waals surface area contributed by atoms with E-state index in [4.69, 9.17) is 14.2 Å². The third-order valence-corrected chi connectivity index (χ3v) is 7.04. The van der Waals surface area contributed by atoms with E-state index in [-0.39, 0.29) is 24.0 Å². The number of esters is 2. The van der Waals surface area contributed by atoms with Crippen LogP contribution < -0.4 is 4.74 Å². The number of hydrogen-bond donors (Lipinski definition) is 0. The molecule has 3 atom stereocenters. The zero-order valence-electron chi connectivity index (χ0n) is 17.9. The molecule has 1 spiro atoms. The van der Waals surface area contributed by atoms with E-state index in [2.05, 4.69) is 20.8 Å². The summed E-state index contributed by atoms with van der Waals surface area (Å²) in [4.78, 5) is 24.7. The first kappa shape index (κ1) is 20.5. The van der Waals surface area contributed by atoms with Crippen molar-refractivity contribution < 1.29 is 23.8 Å². The number of rotatable bonds is 3. The number of benzene rings is 2. The molecular weight excluding hydrogens is 380 g/mol. The van der Waals surface area contributed by atoms with Gasteiger partial charge in [-0.15, -0.1) is 0 Å².